The van der Waals surface area contributed by atoms with E-state index in [1.165, 1.54) is 10.9 Å². The van der Waals surface area contributed by atoms with Crippen molar-refractivity contribution >= 4 is 23.9 Å². The van der Waals surface area contributed by atoms with Gasteiger partial charge < -0.3 is 19.7 Å². The summed E-state index contributed by atoms with van der Waals surface area (Å²) in [7, 11) is 1.64. The van der Waals surface area contributed by atoms with Gasteiger partial charge in [-0.25, -0.2) is 4.79 Å². The van der Waals surface area contributed by atoms with Crippen LogP contribution in [0.25, 0.3) is 11.1 Å². The molecule has 1 unspecified atom stereocenters. The smallest absolute Gasteiger partial charge is 0.407 e. The molecular weight excluding hydrogens is 426 g/mol. The second kappa shape index (κ2) is 9.51. The van der Waals surface area contributed by atoms with Gasteiger partial charge in [0.1, 0.15) is 19.0 Å². The van der Waals surface area contributed by atoms with E-state index in [9.17, 15) is 14.4 Å². The van der Waals surface area contributed by atoms with Gasteiger partial charge in [-0.05, 0) is 28.7 Å². The summed E-state index contributed by atoms with van der Waals surface area (Å²) >= 11 is 0. The van der Waals surface area contributed by atoms with Gasteiger partial charge in [-0.3, -0.25) is 14.9 Å². The predicted octanol–water partition coefficient (Wildman–Crippen LogP) is 2.53. The number of nitrogens with one attached hydrogen (secondary N) is 2. The number of hydrogen-bond donors (Lipinski definition) is 3. The molecule has 1 heterocycles. The van der Waals surface area contributed by atoms with Crippen LogP contribution in [-0.4, -0.2) is 50.5 Å². The van der Waals surface area contributed by atoms with Crippen molar-refractivity contribution in [1.82, 2.24) is 20.1 Å². The first-order valence-electron chi connectivity index (χ1n) is 10.4. The molecule has 170 valence electrons. The molecule has 1 aliphatic rings. The van der Waals surface area contributed by atoms with Crippen LogP contribution in [0, 0.1) is 0 Å². The Labute approximate surface area is 189 Å². The zero-order chi connectivity index (χ0) is 23.4. The molecule has 10 nitrogen and oxygen atoms in total. The highest BCUT2D eigenvalue weighted by Gasteiger charge is 2.30. The van der Waals surface area contributed by atoms with E-state index >= 15 is 0 Å². The first-order chi connectivity index (χ1) is 15.9. The number of rotatable bonds is 8. The Morgan fingerprint density at radius 3 is 2.30 bits per heavy atom. The Bertz CT molecular complexity index is 1150. The molecule has 1 aromatic heterocycles. The van der Waals surface area contributed by atoms with Crippen LogP contribution in [0.1, 0.15) is 29.9 Å². The molecular formula is C23H23N5O5. The van der Waals surface area contributed by atoms with Crippen LogP contribution in [0.5, 0.6) is 0 Å². The Morgan fingerprint density at radius 1 is 1.09 bits per heavy atom. The normalized spacial score (nSPS) is 13.0. The third-order valence-electron chi connectivity index (χ3n) is 5.55. The maximum Gasteiger partial charge on any atom is 0.407 e. The standard InChI is InChI=1S/C23H23N5O5/c1-28-13-24-27-22(28)26-21(31)19(10-11-20(29)30)25-23(32)33-12-18-16-8-4-2-6-14(16)15-7-3-5-9-17(15)18/h2-9,13,18-19H,10-12H2,1H3,(H,25,32)(H,29,30)(H,26,27,31). The number of amides is 2. The minimum Gasteiger partial charge on any atom is -0.481 e. The zero-order valence-electron chi connectivity index (χ0n) is 17.9. The summed E-state index contributed by atoms with van der Waals surface area (Å²) < 4.78 is 6.96. The zero-order valence-corrected chi connectivity index (χ0v) is 17.9. The van der Waals surface area contributed by atoms with Gasteiger partial charge in [0.05, 0.1) is 0 Å². The van der Waals surface area contributed by atoms with Crippen LogP contribution in [0.3, 0.4) is 0 Å². The van der Waals surface area contributed by atoms with Crippen molar-refractivity contribution in [3.63, 3.8) is 0 Å². The topological polar surface area (TPSA) is 135 Å². The van der Waals surface area contributed by atoms with Crippen molar-refractivity contribution in [2.24, 2.45) is 7.05 Å². The Morgan fingerprint density at radius 2 is 1.73 bits per heavy atom. The number of aryl methyl sites for hydroxylation is 1. The largest absolute Gasteiger partial charge is 0.481 e. The highest BCUT2D eigenvalue weighted by molar-refractivity contribution is 5.95. The lowest BCUT2D eigenvalue weighted by Crippen LogP contribution is -2.44. The number of carboxylic acid groups (broad SMARTS) is 1. The first-order valence-corrected chi connectivity index (χ1v) is 10.4. The van der Waals surface area contributed by atoms with Crippen molar-refractivity contribution in [2.45, 2.75) is 24.8 Å². The van der Waals surface area contributed by atoms with E-state index in [0.717, 1.165) is 22.3 Å². The van der Waals surface area contributed by atoms with Gasteiger partial charge in [-0.1, -0.05) is 48.5 Å². The van der Waals surface area contributed by atoms with Crippen LogP contribution >= 0.6 is 0 Å². The van der Waals surface area contributed by atoms with Gasteiger partial charge in [0.2, 0.25) is 11.9 Å². The van der Waals surface area contributed by atoms with Gasteiger partial charge in [0, 0.05) is 19.4 Å². The summed E-state index contributed by atoms with van der Waals surface area (Å²) in [5.41, 5.74) is 4.33. The highest BCUT2D eigenvalue weighted by Crippen LogP contribution is 2.44. The fourth-order valence-corrected chi connectivity index (χ4v) is 3.91. The molecule has 4 rings (SSSR count). The second-order valence-electron chi connectivity index (χ2n) is 7.71. The molecule has 0 spiro atoms. The molecule has 0 saturated heterocycles. The number of carbonyl (C=O) groups excluding carboxylic acids is 2. The molecule has 0 fully saturated rings. The Hall–Kier alpha value is -4.21. The second-order valence-corrected chi connectivity index (χ2v) is 7.71. The van der Waals surface area contributed by atoms with E-state index in [2.05, 4.69) is 20.8 Å². The number of fused-ring (bicyclic) bond motifs is 3. The lowest BCUT2D eigenvalue weighted by molar-refractivity contribution is -0.137. The van der Waals surface area contributed by atoms with Crippen LogP contribution in [-0.2, 0) is 21.4 Å². The van der Waals surface area contributed by atoms with Crippen LogP contribution in [0.15, 0.2) is 54.9 Å². The van der Waals surface area contributed by atoms with Crippen LogP contribution < -0.4 is 10.6 Å². The molecule has 0 saturated carbocycles. The van der Waals surface area contributed by atoms with E-state index in [1.54, 1.807) is 7.05 Å². The van der Waals surface area contributed by atoms with E-state index in [1.807, 2.05) is 48.5 Å². The van der Waals surface area contributed by atoms with E-state index in [0.29, 0.717) is 0 Å². The molecule has 10 heteroatoms. The number of benzene rings is 2. The molecule has 33 heavy (non-hydrogen) atoms. The number of aromatic nitrogens is 3. The third kappa shape index (κ3) is 4.84. The van der Waals surface area contributed by atoms with Crippen molar-refractivity contribution in [3.8, 4) is 11.1 Å². The molecule has 3 N–H and O–H groups in total. The van der Waals surface area contributed by atoms with Gasteiger partial charge in [0.25, 0.3) is 0 Å². The molecule has 1 aliphatic carbocycles. The van der Waals surface area contributed by atoms with E-state index in [-0.39, 0.29) is 31.3 Å². The van der Waals surface area contributed by atoms with Crippen molar-refractivity contribution in [1.29, 1.82) is 0 Å². The average molecular weight is 449 g/mol. The highest BCUT2D eigenvalue weighted by atomic mass is 16.5. The number of nitrogens with zero attached hydrogens (tertiary/aromatic N) is 3. The predicted molar refractivity (Wildman–Crippen MR) is 118 cm³/mol. The summed E-state index contributed by atoms with van der Waals surface area (Å²) in [5, 5.41) is 21.5. The summed E-state index contributed by atoms with van der Waals surface area (Å²) in [6, 6.07) is 14.8. The fourth-order valence-electron chi connectivity index (χ4n) is 3.91. The lowest BCUT2D eigenvalue weighted by Gasteiger charge is -2.19. The molecule has 0 aliphatic heterocycles. The quantitative estimate of drug-likeness (QED) is 0.481. The lowest BCUT2D eigenvalue weighted by atomic mass is 9.98. The molecule has 0 radical (unpaired) electrons. The van der Waals surface area contributed by atoms with Gasteiger partial charge in [0.15, 0.2) is 0 Å². The molecule has 2 amide bonds. The number of aliphatic carboxylic acids is 1. The number of ether oxygens (including phenoxy) is 1. The van der Waals surface area contributed by atoms with E-state index < -0.39 is 24.0 Å². The van der Waals surface area contributed by atoms with Gasteiger partial charge in [-0.2, -0.15) is 0 Å². The maximum atomic E-state index is 12.6. The summed E-state index contributed by atoms with van der Waals surface area (Å²) in [4.78, 5) is 36.2. The maximum absolute atomic E-state index is 12.6. The fraction of sp³-hybridized carbons (Fsp3) is 0.261. The van der Waals surface area contributed by atoms with Crippen LogP contribution in [0.4, 0.5) is 10.7 Å². The first kappa shape index (κ1) is 22.0. The summed E-state index contributed by atoms with van der Waals surface area (Å²) in [5.74, 6) is -1.65. The van der Waals surface area contributed by atoms with Gasteiger partial charge in [-0.15, -0.1) is 10.2 Å². The molecule has 0 bridgehead atoms. The monoisotopic (exact) mass is 449 g/mol. The number of alkyl carbamates (subject to hydrolysis) is 1. The minimum atomic E-state index is -1.12. The van der Waals surface area contributed by atoms with Gasteiger partial charge >= 0.3 is 12.1 Å². The average Bonchev–Trinajstić information content (AvgIpc) is 3.35. The molecule has 3 aromatic rings. The Balaban J connectivity index is 1.43. The number of hydrogen-bond acceptors (Lipinski definition) is 6. The molecule has 2 aromatic carbocycles. The molecule has 1 atom stereocenters. The number of carboxylic acids is 1. The Kier molecular flexibility index (Phi) is 6.34. The third-order valence-corrected chi connectivity index (χ3v) is 5.55. The number of anilines is 1. The van der Waals surface area contributed by atoms with Crippen molar-refractivity contribution < 1.29 is 24.2 Å². The summed E-state index contributed by atoms with van der Waals surface area (Å²) in [6.45, 7) is 0.0798. The SMILES string of the molecule is Cn1cnnc1NC(=O)C(CCC(=O)O)NC(=O)OCC1c2ccccc2-c2ccccc21. The summed E-state index contributed by atoms with van der Waals surface area (Å²) in [6.07, 6.45) is 0.185. The van der Waals surface area contributed by atoms with Crippen LogP contribution in [0.2, 0.25) is 0 Å². The van der Waals surface area contributed by atoms with Crippen molar-refractivity contribution in [2.75, 3.05) is 11.9 Å². The number of carbonyl (C=O) groups is 3. The minimum absolute atomic E-state index is 0.0798. The van der Waals surface area contributed by atoms with Crippen molar-refractivity contribution in [3.05, 3.63) is 66.0 Å². The van der Waals surface area contributed by atoms with E-state index in [4.69, 9.17) is 9.84 Å².